The third-order valence-corrected chi connectivity index (χ3v) is 3.33. The van der Waals surface area contributed by atoms with E-state index in [0.29, 0.717) is 13.2 Å². The number of rotatable bonds is 8. The molecule has 0 saturated heterocycles. The fourth-order valence-corrected chi connectivity index (χ4v) is 2.11. The molecule has 0 aliphatic heterocycles. The van der Waals surface area contributed by atoms with Gasteiger partial charge in [0.1, 0.15) is 16.0 Å². The molecule has 1 aromatic carbocycles. The molecule has 0 saturated carbocycles. The van der Waals surface area contributed by atoms with Gasteiger partial charge in [0.25, 0.3) is 0 Å². The first-order valence-electron chi connectivity index (χ1n) is 7.26. The average molecular weight is 363 g/mol. The van der Waals surface area contributed by atoms with Crippen LogP contribution in [0.15, 0.2) is 16.6 Å². The van der Waals surface area contributed by atoms with Crippen molar-refractivity contribution >= 4 is 15.9 Å². The second-order valence-electron chi connectivity index (χ2n) is 4.06. The van der Waals surface area contributed by atoms with E-state index in [2.05, 4.69) is 22.9 Å². The van der Waals surface area contributed by atoms with Crippen LogP contribution in [0.5, 0.6) is 11.5 Å². The van der Waals surface area contributed by atoms with Crippen molar-refractivity contribution in [1.29, 1.82) is 0 Å². The lowest BCUT2D eigenvalue weighted by molar-refractivity contribution is -0.137. The molecule has 0 fully saturated rings. The maximum absolute atomic E-state index is 5.62. The van der Waals surface area contributed by atoms with Crippen LogP contribution in [0.25, 0.3) is 0 Å². The zero-order valence-electron chi connectivity index (χ0n) is 13.9. The van der Waals surface area contributed by atoms with Gasteiger partial charge in [-0.1, -0.05) is 20.8 Å². The molecule has 4 nitrogen and oxygen atoms in total. The lowest BCUT2D eigenvalue weighted by Crippen LogP contribution is -2.13. The molecular formula is C16H27BrO4. The van der Waals surface area contributed by atoms with E-state index >= 15 is 0 Å². The molecule has 1 atom stereocenters. The summed E-state index contributed by atoms with van der Waals surface area (Å²) < 4.78 is 22.5. The number of methoxy groups -OCH3 is 2. The van der Waals surface area contributed by atoms with Crippen molar-refractivity contribution in [2.75, 3.05) is 20.8 Å². The number of hydrogen-bond acceptors (Lipinski definition) is 4. The summed E-state index contributed by atoms with van der Waals surface area (Å²) in [7, 11) is 3.24. The Bertz CT molecular complexity index is 371. The van der Waals surface area contributed by atoms with Crippen LogP contribution >= 0.6 is 15.9 Å². The Morgan fingerprint density at radius 2 is 1.57 bits per heavy atom. The first-order valence-corrected chi connectivity index (χ1v) is 8.05. The molecule has 0 aromatic heterocycles. The highest BCUT2D eigenvalue weighted by molar-refractivity contribution is 9.10. The van der Waals surface area contributed by atoms with E-state index in [1.165, 1.54) is 0 Å². The zero-order chi connectivity index (χ0) is 16.3. The zero-order valence-corrected chi connectivity index (χ0v) is 15.5. The van der Waals surface area contributed by atoms with Gasteiger partial charge in [0.05, 0.1) is 20.8 Å². The van der Waals surface area contributed by atoms with Crippen molar-refractivity contribution in [2.45, 2.75) is 47.0 Å². The Morgan fingerprint density at radius 3 is 2.00 bits per heavy atom. The van der Waals surface area contributed by atoms with Crippen molar-refractivity contribution in [2.24, 2.45) is 0 Å². The van der Waals surface area contributed by atoms with Crippen LogP contribution in [0.2, 0.25) is 0 Å². The normalized spacial score (nSPS) is 11.4. The highest BCUT2D eigenvalue weighted by Crippen LogP contribution is 2.35. The molecule has 5 heteroatoms. The lowest BCUT2D eigenvalue weighted by atomic mass is 10.2. The number of halogens is 1. The Morgan fingerprint density at radius 1 is 1.05 bits per heavy atom. The molecule has 1 aromatic rings. The smallest absolute Gasteiger partial charge is 0.155 e. The first-order chi connectivity index (χ1) is 10.1. The number of ether oxygens (including phenoxy) is 4. The van der Waals surface area contributed by atoms with Crippen molar-refractivity contribution < 1.29 is 18.9 Å². The maximum atomic E-state index is 5.62. The fraction of sp³-hybridized carbons (Fsp3) is 0.625. The average Bonchev–Trinajstić information content (AvgIpc) is 2.53. The standard InChI is InChI=1S/C14H21BrO4.C2H6/c1-5-6-18-10(2)19-9-11-7-12(16-3)14(15)13(8-11)17-4;1-2/h7-8,10H,5-6,9H2,1-4H3;1-2H3. The summed E-state index contributed by atoms with van der Waals surface area (Å²) in [4.78, 5) is 0. The third kappa shape index (κ3) is 7.16. The Hall–Kier alpha value is -0.780. The topological polar surface area (TPSA) is 36.9 Å². The van der Waals surface area contributed by atoms with Crippen LogP contribution in [0.1, 0.15) is 39.7 Å². The van der Waals surface area contributed by atoms with Gasteiger partial charge in [-0.15, -0.1) is 0 Å². The maximum Gasteiger partial charge on any atom is 0.155 e. The van der Waals surface area contributed by atoms with E-state index in [-0.39, 0.29) is 6.29 Å². The molecule has 0 amide bonds. The van der Waals surface area contributed by atoms with Crippen molar-refractivity contribution in [3.8, 4) is 11.5 Å². The predicted molar refractivity (Wildman–Crippen MR) is 89.1 cm³/mol. The van der Waals surface area contributed by atoms with Gasteiger partial charge in [-0.3, -0.25) is 0 Å². The van der Waals surface area contributed by atoms with Gasteiger partial charge in [0.15, 0.2) is 6.29 Å². The lowest BCUT2D eigenvalue weighted by Gasteiger charge is -2.15. The van der Waals surface area contributed by atoms with Crippen LogP contribution in [0.3, 0.4) is 0 Å². The SMILES string of the molecule is CC.CCCOC(C)OCc1cc(OC)c(Br)c(OC)c1. The first kappa shape index (κ1) is 20.2. The molecule has 0 aliphatic carbocycles. The van der Waals surface area contributed by atoms with Gasteiger partial charge in [0.2, 0.25) is 0 Å². The summed E-state index contributed by atoms with van der Waals surface area (Å²) in [6, 6.07) is 3.83. The summed E-state index contributed by atoms with van der Waals surface area (Å²) in [6.45, 7) is 9.11. The van der Waals surface area contributed by atoms with Gasteiger partial charge >= 0.3 is 0 Å². The molecule has 0 bridgehead atoms. The molecule has 0 heterocycles. The Labute approximate surface area is 136 Å². The van der Waals surface area contributed by atoms with Crippen molar-refractivity contribution in [1.82, 2.24) is 0 Å². The molecular weight excluding hydrogens is 336 g/mol. The van der Waals surface area contributed by atoms with Gasteiger partial charge in [-0.25, -0.2) is 0 Å². The van der Waals surface area contributed by atoms with E-state index < -0.39 is 0 Å². The minimum Gasteiger partial charge on any atom is -0.495 e. The third-order valence-electron chi connectivity index (χ3n) is 2.55. The molecule has 1 unspecified atom stereocenters. The monoisotopic (exact) mass is 362 g/mol. The molecule has 0 aliphatic rings. The van der Waals surface area contributed by atoms with E-state index in [0.717, 1.165) is 28.0 Å². The molecule has 1 rings (SSSR count). The van der Waals surface area contributed by atoms with E-state index in [1.54, 1.807) is 14.2 Å². The summed E-state index contributed by atoms with van der Waals surface area (Å²) >= 11 is 3.43. The van der Waals surface area contributed by atoms with Crippen LogP contribution in [-0.2, 0) is 16.1 Å². The number of hydrogen-bond donors (Lipinski definition) is 0. The van der Waals surface area contributed by atoms with Crippen LogP contribution < -0.4 is 9.47 Å². The highest BCUT2D eigenvalue weighted by atomic mass is 79.9. The molecule has 122 valence electrons. The van der Waals surface area contributed by atoms with Gasteiger partial charge < -0.3 is 18.9 Å². The summed E-state index contributed by atoms with van der Waals surface area (Å²) in [5.74, 6) is 1.44. The van der Waals surface area contributed by atoms with E-state index in [1.807, 2.05) is 32.9 Å². The van der Waals surface area contributed by atoms with Gasteiger partial charge in [0, 0.05) is 6.61 Å². The minimum atomic E-state index is -0.222. The Balaban J connectivity index is 0.00000191. The molecule has 21 heavy (non-hydrogen) atoms. The molecule has 0 spiro atoms. The number of benzene rings is 1. The summed E-state index contributed by atoms with van der Waals surface area (Å²) in [5, 5.41) is 0. The van der Waals surface area contributed by atoms with Gasteiger partial charge in [-0.05, 0) is 47.0 Å². The molecule has 0 N–H and O–H groups in total. The second kappa shape index (κ2) is 11.8. The van der Waals surface area contributed by atoms with E-state index in [4.69, 9.17) is 18.9 Å². The van der Waals surface area contributed by atoms with Crippen LogP contribution in [0, 0.1) is 0 Å². The second-order valence-corrected chi connectivity index (χ2v) is 4.86. The summed E-state index contributed by atoms with van der Waals surface area (Å²) in [6.07, 6.45) is 0.758. The van der Waals surface area contributed by atoms with Crippen molar-refractivity contribution in [3.63, 3.8) is 0 Å². The largest absolute Gasteiger partial charge is 0.495 e. The highest BCUT2D eigenvalue weighted by Gasteiger charge is 2.11. The predicted octanol–water partition coefficient (Wildman–Crippen LogP) is 4.78. The molecule has 0 radical (unpaired) electrons. The van der Waals surface area contributed by atoms with E-state index in [9.17, 15) is 0 Å². The summed E-state index contributed by atoms with van der Waals surface area (Å²) in [5.41, 5.74) is 0.976. The van der Waals surface area contributed by atoms with Gasteiger partial charge in [-0.2, -0.15) is 0 Å². The quantitative estimate of drug-likeness (QED) is 0.623. The minimum absolute atomic E-state index is 0.222. The Kier molecular flexibility index (Phi) is 11.4. The fourth-order valence-electron chi connectivity index (χ4n) is 1.55. The van der Waals surface area contributed by atoms with Crippen molar-refractivity contribution in [3.05, 3.63) is 22.2 Å². The van der Waals surface area contributed by atoms with Crippen LogP contribution in [0.4, 0.5) is 0 Å². The van der Waals surface area contributed by atoms with Crippen LogP contribution in [-0.4, -0.2) is 27.1 Å².